The topological polar surface area (TPSA) is 45.1 Å². The molecule has 0 atom stereocenters. The van der Waals surface area contributed by atoms with Crippen molar-refractivity contribution in [2.24, 2.45) is 0 Å². The van der Waals surface area contributed by atoms with Crippen LogP contribution in [0.5, 0.6) is 0 Å². The van der Waals surface area contributed by atoms with Gasteiger partial charge in [-0.05, 0) is 41.5 Å². The van der Waals surface area contributed by atoms with Crippen LogP contribution >= 0.6 is 11.6 Å². The van der Waals surface area contributed by atoms with Crippen LogP contribution in [0.2, 0.25) is 5.02 Å². The third-order valence-electron chi connectivity index (χ3n) is 3.67. The van der Waals surface area contributed by atoms with Crippen molar-refractivity contribution in [3.05, 3.63) is 76.2 Å². The van der Waals surface area contributed by atoms with E-state index < -0.39 is 0 Å². The summed E-state index contributed by atoms with van der Waals surface area (Å²) in [6, 6.07) is 12.4. The highest BCUT2D eigenvalue weighted by Gasteiger charge is 2.06. The minimum Gasteiger partial charge on any atom is -0.392 e. The Morgan fingerprint density at radius 3 is 2.78 bits per heavy atom. The molecule has 0 fully saturated rings. The Hall–Kier alpha value is -2.01. The van der Waals surface area contributed by atoms with Gasteiger partial charge in [0.2, 0.25) is 0 Å². The van der Waals surface area contributed by atoms with Crippen molar-refractivity contribution in [2.75, 3.05) is 0 Å². The normalized spacial score (nSPS) is 11.1. The van der Waals surface area contributed by atoms with Gasteiger partial charge in [-0.2, -0.15) is 0 Å². The Kier molecular flexibility index (Phi) is 4.86. The average molecular weight is 331 g/mol. The molecule has 1 heterocycles. The van der Waals surface area contributed by atoms with Gasteiger partial charge >= 0.3 is 0 Å². The molecule has 2 N–H and O–H groups in total. The Morgan fingerprint density at radius 1 is 1.09 bits per heavy atom. The summed E-state index contributed by atoms with van der Waals surface area (Å²) in [7, 11) is 0. The summed E-state index contributed by atoms with van der Waals surface area (Å²) in [5.74, 6) is -0.388. The van der Waals surface area contributed by atoms with Gasteiger partial charge in [0.1, 0.15) is 5.82 Å². The molecule has 2 aromatic carbocycles. The zero-order valence-electron chi connectivity index (χ0n) is 12.4. The Balaban J connectivity index is 1.74. The standard InChI is InChI=1S/C18H16ClFN2O/c19-16-7-13-2-1-5-22-18(13)14(8-16)10-21-9-12-3-4-17(20)15(6-12)11-23/h1-8,21,23H,9-11H2. The highest BCUT2D eigenvalue weighted by atomic mass is 35.5. The zero-order valence-corrected chi connectivity index (χ0v) is 13.1. The highest BCUT2D eigenvalue weighted by molar-refractivity contribution is 6.31. The number of pyridine rings is 1. The Labute approximate surface area is 138 Å². The minimum absolute atomic E-state index is 0.303. The lowest BCUT2D eigenvalue weighted by Gasteiger charge is -2.09. The first kappa shape index (κ1) is 15.9. The van der Waals surface area contributed by atoms with E-state index in [4.69, 9.17) is 16.7 Å². The third-order valence-corrected chi connectivity index (χ3v) is 3.89. The molecule has 0 spiro atoms. The second kappa shape index (κ2) is 7.04. The summed E-state index contributed by atoms with van der Waals surface area (Å²) in [5, 5.41) is 14.1. The summed E-state index contributed by atoms with van der Waals surface area (Å²) < 4.78 is 13.4. The van der Waals surface area contributed by atoms with Gasteiger partial charge in [0.05, 0.1) is 12.1 Å². The highest BCUT2D eigenvalue weighted by Crippen LogP contribution is 2.22. The first-order chi connectivity index (χ1) is 11.2. The molecule has 23 heavy (non-hydrogen) atoms. The van der Waals surface area contributed by atoms with E-state index in [2.05, 4.69) is 10.3 Å². The molecule has 0 radical (unpaired) electrons. The molecular weight excluding hydrogens is 315 g/mol. The van der Waals surface area contributed by atoms with E-state index in [9.17, 15) is 4.39 Å². The van der Waals surface area contributed by atoms with E-state index in [-0.39, 0.29) is 12.4 Å². The first-order valence-electron chi connectivity index (χ1n) is 7.29. The number of aromatic nitrogens is 1. The number of halogens is 2. The van der Waals surface area contributed by atoms with Crippen LogP contribution in [-0.2, 0) is 19.7 Å². The summed E-state index contributed by atoms with van der Waals surface area (Å²) >= 11 is 6.15. The molecule has 0 saturated heterocycles. The average Bonchev–Trinajstić information content (AvgIpc) is 2.56. The van der Waals surface area contributed by atoms with E-state index in [1.165, 1.54) is 6.07 Å². The van der Waals surface area contributed by atoms with Crippen molar-refractivity contribution < 1.29 is 9.50 Å². The number of hydrogen-bond donors (Lipinski definition) is 2. The van der Waals surface area contributed by atoms with Gasteiger partial charge in [-0.15, -0.1) is 0 Å². The maximum atomic E-state index is 13.4. The molecule has 0 aliphatic carbocycles. The number of benzene rings is 2. The van der Waals surface area contributed by atoms with Crippen LogP contribution in [0.1, 0.15) is 16.7 Å². The molecule has 0 amide bonds. The molecule has 3 nitrogen and oxygen atoms in total. The molecular formula is C18H16ClFN2O. The number of rotatable bonds is 5. The van der Waals surface area contributed by atoms with Crippen LogP contribution in [0.3, 0.4) is 0 Å². The monoisotopic (exact) mass is 330 g/mol. The number of fused-ring (bicyclic) bond motifs is 1. The molecule has 0 saturated carbocycles. The maximum Gasteiger partial charge on any atom is 0.128 e. The van der Waals surface area contributed by atoms with E-state index in [1.54, 1.807) is 18.3 Å². The van der Waals surface area contributed by atoms with Crippen molar-refractivity contribution in [1.82, 2.24) is 10.3 Å². The van der Waals surface area contributed by atoms with Gasteiger partial charge in [-0.3, -0.25) is 4.98 Å². The SMILES string of the molecule is OCc1cc(CNCc2cc(Cl)cc3cccnc23)ccc1F. The Morgan fingerprint density at radius 2 is 1.96 bits per heavy atom. The third kappa shape index (κ3) is 3.67. The van der Waals surface area contributed by atoms with Crippen LogP contribution in [0.4, 0.5) is 4.39 Å². The second-order valence-corrected chi connectivity index (χ2v) is 5.76. The Bertz CT molecular complexity index is 838. The summed E-state index contributed by atoms with van der Waals surface area (Å²) in [5.41, 5.74) is 3.14. The van der Waals surface area contributed by atoms with Crippen LogP contribution in [-0.4, -0.2) is 10.1 Å². The van der Waals surface area contributed by atoms with Gasteiger partial charge in [-0.1, -0.05) is 23.7 Å². The molecule has 3 rings (SSSR count). The number of nitrogens with one attached hydrogen (secondary N) is 1. The van der Waals surface area contributed by atoms with Gasteiger partial charge in [0.15, 0.2) is 0 Å². The largest absolute Gasteiger partial charge is 0.392 e. The van der Waals surface area contributed by atoms with Crippen molar-refractivity contribution >= 4 is 22.5 Å². The molecule has 5 heteroatoms. The fraction of sp³-hybridized carbons (Fsp3) is 0.167. The number of aliphatic hydroxyl groups excluding tert-OH is 1. The molecule has 0 aliphatic heterocycles. The predicted molar refractivity (Wildman–Crippen MR) is 89.6 cm³/mol. The molecule has 0 unspecified atom stereocenters. The maximum absolute atomic E-state index is 13.4. The van der Waals surface area contributed by atoms with E-state index in [0.29, 0.717) is 23.7 Å². The van der Waals surface area contributed by atoms with Crippen molar-refractivity contribution in [3.63, 3.8) is 0 Å². The van der Waals surface area contributed by atoms with E-state index in [1.807, 2.05) is 24.3 Å². The lowest BCUT2D eigenvalue weighted by molar-refractivity contribution is 0.275. The van der Waals surface area contributed by atoms with Gasteiger partial charge < -0.3 is 10.4 Å². The molecule has 3 aromatic rings. The predicted octanol–water partition coefficient (Wildman–Crippen LogP) is 3.81. The van der Waals surface area contributed by atoms with E-state index >= 15 is 0 Å². The van der Waals surface area contributed by atoms with Gasteiger partial charge in [-0.25, -0.2) is 4.39 Å². The van der Waals surface area contributed by atoms with Crippen molar-refractivity contribution in [3.8, 4) is 0 Å². The first-order valence-corrected chi connectivity index (χ1v) is 7.67. The lowest BCUT2D eigenvalue weighted by atomic mass is 10.1. The molecule has 118 valence electrons. The summed E-state index contributed by atoms with van der Waals surface area (Å²) in [6.45, 7) is 0.858. The number of hydrogen-bond acceptors (Lipinski definition) is 3. The lowest BCUT2D eigenvalue weighted by Crippen LogP contribution is -2.13. The van der Waals surface area contributed by atoms with E-state index in [0.717, 1.165) is 22.0 Å². The molecule has 0 bridgehead atoms. The number of nitrogens with zero attached hydrogens (tertiary/aromatic N) is 1. The van der Waals surface area contributed by atoms with Crippen molar-refractivity contribution in [2.45, 2.75) is 19.7 Å². The van der Waals surface area contributed by atoms with Crippen LogP contribution in [0.25, 0.3) is 10.9 Å². The fourth-order valence-corrected chi connectivity index (χ4v) is 2.81. The van der Waals surface area contributed by atoms with Crippen LogP contribution in [0.15, 0.2) is 48.7 Å². The van der Waals surface area contributed by atoms with Crippen LogP contribution in [0, 0.1) is 5.82 Å². The minimum atomic E-state index is -0.388. The zero-order chi connectivity index (χ0) is 16.2. The van der Waals surface area contributed by atoms with Gasteiger partial charge in [0.25, 0.3) is 0 Å². The quantitative estimate of drug-likeness (QED) is 0.747. The summed E-state index contributed by atoms with van der Waals surface area (Å²) in [4.78, 5) is 4.41. The second-order valence-electron chi connectivity index (χ2n) is 5.33. The fourth-order valence-electron chi connectivity index (χ4n) is 2.56. The summed E-state index contributed by atoms with van der Waals surface area (Å²) in [6.07, 6.45) is 1.76. The van der Waals surface area contributed by atoms with Crippen molar-refractivity contribution in [1.29, 1.82) is 0 Å². The smallest absolute Gasteiger partial charge is 0.128 e. The number of aliphatic hydroxyl groups is 1. The molecule has 1 aromatic heterocycles. The van der Waals surface area contributed by atoms with Gasteiger partial charge in [0, 0.05) is 35.3 Å². The molecule has 0 aliphatic rings. The van der Waals surface area contributed by atoms with Crippen LogP contribution < -0.4 is 5.32 Å².